The third kappa shape index (κ3) is 5.59. The zero-order valence-electron chi connectivity index (χ0n) is 18.2. The standard InChI is InChI=1S/C25H28N4O2S/c1-2-31-22-13-7-6-9-19(22)17-28-24(30)20-10-8-16-29(18-20)23-25(27-15-14-26-23)32-21-11-4-3-5-12-21/h3-7,9,11-15,20H,2,8,10,16-18H2,1H3,(H,28,30)/t20-/m1/s1. The molecule has 7 heteroatoms. The Labute approximate surface area is 193 Å². The summed E-state index contributed by atoms with van der Waals surface area (Å²) in [6.07, 6.45) is 5.26. The average Bonchev–Trinajstić information content (AvgIpc) is 2.84. The molecule has 2 heterocycles. The largest absolute Gasteiger partial charge is 0.494 e. The highest BCUT2D eigenvalue weighted by molar-refractivity contribution is 7.99. The first-order valence-corrected chi connectivity index (χ1v) is 11.8. The van der Waals surface area contributed by atoms with Gasteiger partial charge in [-0.15, -0.1) is 0 Å². The van der Waals surface area contributed by atoms with E-state index in [0.717, 1.165) is 46.4 Å². The van der Waals surface area contributed by atoms with Crippen LogP contribution in [0.3, 0.4) is 0 Å². The highest BCUT2D eigenvalue weighted by Crippen LogP contribution is 2.33. The van der Waals surface area contributed by atoms with Gasteiger partial charge in [-0.3, -0.25) is 4.79 Å². The minimum absolute atomic E-state index is 0.0714. The van der Waals surface area contributed by atoms with Gasteiger partial charge in [0.1, 0.15) is 10.8 Å². The lowest BCUT2D eigenvalue weighted by Gasteiger charge is -2.33. The molecule has 32 heavy (non-hydrogen) atoms. The number of para-hydroxylation sites is 1. The Morgan fingerprint density at radius 2 is 1.91 bits per heavy atom. The van der Waals surface area contributed by atoms with Crippen LogP contribution in [0.5, 0.6) is 5.75 Å². The van der Waals surface area contributed by atoms with Crippen LogP contribution in [0, 0.1) is 5.92 Å². The number of rotatable bonds is 8. The average molecular weight is 449 g/mol. The summed E-state index contributed by atoms with van der Waals surface area (Å²) in [6.45, 7) is 4.54. The van der Waals surface area contributed by atoms with Crippen LogP contribution in [0.15, 0.2) is 76.9 Å². The highest BCUT2D eigenvalue weighted by atomic mass is 32.2. The molecule has 1 aromatic heterocycles. The van der Waals surface area contributed by atoms with Gasteiger partial charge >= 0.3 is 0 Å². The summed E-state index contributed by atoms with van der Waals surface area (Å²) in [7, 11) is 0. The number of ether oxygens (including phenoxy) is 1. The number of nitrogens with one attached hydrogen (secondary N) is 1. The van der Waals surface area contributed by atoms with Crippen molar-refractivity contribution in [1.29, 1.82) is 0 Å². The van der Waals surface area contributed by atoms with Gasteiger partial charge in [-0.05, 0) is 38.0 Å². The molecule has 2 aromatic carbocycles. The topological polar surface area (TPSA) is 67.3 Å². The summed E-state index contributed by atoms with van der Waals surface area (Å²) in [5.74, 6) is 1.66. The lowest BCUT2D eigenvalue weighted by Crippen LogP contribution is -2.43. The van der Waals surface area contributed by atoms with Crippen LogP contribution in [-0.4, -0.2) is 35.6 Å². The van der Waals surface area contributed by atoms with Crippen LogP contribution in [-0.2, 0) is 11.3 Å². The van der Waals surface area contributed by atoms with Crippen molar-refractivity contribution in [3.05, 3.63) is 72.6 Å². The Kier molecular flexibility index (Phi) is 7.61. The highest BCUT2D eigenvalue weighted by Gasteiger charge is 2.28. The molecular formula is C25H28N4O2S. The molecule has 0 unspecified atom stereocenters. The molecule has 1 N–H and O–H groups in total. The monoisotopic (exact) mass is 448 g/mol. The number of amides is 1. The van der Waals surface area contributed by atoms with Crippen molar-refractivity contribution < 1.29 is 9.53 Å². The number of nitrogens with zero attached hydrogens (tertiary/aromatic N) is 3. The third-order valence-corrected chi connectivity index (χ3v) is 6.41. The van der Waals surface area contributed by atoms with Gasteiger partial charge < -0.3 is 15.0 Å². The predicted octanol–water partition coefficient (Wildman–Crippen LogP) is 4.56. The number of benzene rings is 2. The van der Waals surface area contributed by atoms with Crippen molar-refractivity contribution >= 4 is 23.5 Å². The second-order valence-electron chi connectivity index (χ2n) is 7.64. The SMILES string of the molecule is CCOc1ccccc1CNC(=O)[C@@H]1CCCN(c2nccnc2Sc2ccccc2)C1. The summed E-state index contributed by atoms with van der Waals surface area (Å²) < 4.78 is 5.67. The first-order chi connectivity index (χ1) is 15.7. The molecule has 0 aliphatic carbocycles. The number of anilines is 1. The van der Waals surface area contributed by atoms with Crippen molar-refractivity contribution in [2.75, 3.05) is 24.6 Å². The fourth-order valence-corrected chi connectivity index (χ4v) is 4.77. The Hall–Kier alpha value is -3.06. The maximum Gasteiger partial charge on any atom is 0.225 e. The summed E-state index contributed by atoms with van der Waals surface area (Å²) in [5.41, 5.74) is 0.992. The molecule has 0 radical (unpaired) electrons. The molecule has 6 nitrogen and oxygen atoms in total. The Morgan fingerprint density at radius 3 is 2.75 bits per heavy atom. The van der Waals surface area contributed by atoms with Gasteiger partial charge in [0.05, 0.1) is 12.5 Å². The number of aromatic nitrogens is 2. The van der Waals surface area contributed by atoms with Crippen LogP contribution in [0.25, 0.3) is 0 Å². The molecule has 1 atom stereocenters. The quantitative estimate of drug-likeness (QED) is 0.545. The van der Waals surface area contributed by atoms with Crippen LogP contribution < -0.4 is 15.0 Å². The molecule has 1 aliphatic rings. The van der Waals surface area contributed by atoms with E-state index in [0.29, 0.717) is 19.7 Å². The van der Waals surface area contributed by atoms with E-state index in [2.05, 4.69) is 32.3 Å². The van der Waals surface area contributed by atoms with Crippen molar-refractivity contribution in [2.45, 2.75) is 36.2 Å². The van der Waals surface area contributed by atoms with E-state index in [4.69, 9.17) is 4.74 Å². The zero-order valence-corrected chi connectivity index (χ0v) is 19.1. The van der Waals surface area contributed by atoms with Gasteiger partial charge in [0.15, 0.2) is 5.82 Å². The molecule has 4 rings (SSSR count). The van der Waals surface area contributed by atoms with Gasteiger partial charge in [0.2, 0.25) is 5.91 Å². The molecule has 1 fully saturated rings. The number of carbonyl (C=O) groups is 1. The molecule has 1 saturated heterocycles. The van der Waals surface area contributed by atoms with Crippen molar-refractivity contribution in [2.24, 2.45) is 5.92 Å². The van der Waals surface area contributed by atoms with Gasteiger partial charge in [0, 0.05) is 42.5 Å². The third-order valence-electron chi connectivity index (χ3n) is 5.42. The first-order valence-electron chi connectivity index (χ1n) is 11.0. The smallest absolute Gasteiger partial charge is 0.225 e. The van der Waals surface area contributed by atoms with E-state index in [-0.39, 0.29) is 11.8 Å². The van der Waals surface area contributed by atoms with Crippen LogP contribution >= 0.6 is 11.8 Å². The fraction of sp³-hybridized carbons (Fsp3) is 0.320. The number of hydrogen-bond donors (Lipinski definition) is 1. The molecule has 1 aliphatic heterocycles. The van der Waals surface area contributed by atoms with E-state index < -0.39 is 0 Å². The molecule has 0 saturated carbocycles. The number of hydrogen-bond acceptors (Lipinski definition) is 6. The summed E-state index contributed by atoms with van der Waals surface area (Å²) in [5, 5.41) is 3.97. The van der Waals surface area contributed by atoms with Crippen molar-refractivity contribution in [1.82, 2.24) is 15.3 Å². The van der Waals surface area contributed by atoms with Crippen LogP contribution in [0.4, 0.5) is 5.82 Å². The van der Waals surface area contributed by atoms with Crippen molar-refractivity contribution in [3.8, 4) is 5.75 Å². The second-order valence-corrected chi connectivity index (χ2v) is 8.71. The first kappa shape index (κ1) is 22.1. The predicted molar refractivity (Wildman–Crippen MR) is 127 cm³/mol. The van der Waals surface area contributed by atoms with Gasteiger partial charge in [0.25, 0.3) is 0 Å². The van der Waals surface area contributed by atoms with Crippen LogP contribution in [0.1, 0.15) is 25.3 Å². The second kappa shape index (κ2) is 11.0. The maximum atomic E-state index is 13.0. The Morgan fingerprint density at radius 1 is 1.12 bits per heavy atom. The van der Waals surface area contributed by atoms with E-state index >= 15 is 0 Å². The lowest BCUT2D eigenvalue weighted by molar-refractivity contribution is -0.125. The van der Waals surface area contributed by atoms with Crippen molar-refractivity contribution in [3.63, 3.8) is 0 Å². The summed E-state index contributed by atoms with van der Waals surface area (Å²) in [4.78, 5) is 25.5. The molecular weight excluding hydrogens is 420 g/mol. The summed E-state index contributed by atoms with van der Waals surface area (Å²) >= 11 is 1.60. The maximum absolute atomic E-state index is 13.0. The molecule has 1 amide bonds. The zero-order chi connectivity index (χ0) is 22.2. The van der Waals surface area contributed by atoms with Gasteiger partial charge in [-0.1, -0.05) is 48.2 Å². The fourth-order valence-electron chi connectivity index (χ4n) is 3.86. The van der Waals surface area contributed by atoms with Gasteiger partial charge in [-0.25, -0.2) is 9.97 Å². The summed E-state index contributed by atoms with van der Waals surface area (Å²) in [6, 6.07) is 18.0. The van der Waals surface area contributed by atoms with E-state index in [1.807, 2.05) is 49.4 Å². The van der Waals surface area contributed by atoms with Gasteiger partial charge in [-0.2, -0.15) is 0 Å². The molecule has 166 valence electrons. The minimum Gasteiger partial charge on any atom is -0.494 e. The molecule has 0 bridgehead atoms. The normalized spacial score (nSPS) is 15.9. The Balaban J connectivity index is 1.41. The lowest BCUT2D eigenvalue weighted by atomic mass is 9.97. The molecule has 0 spiro atoms. The van der Waals surface area contributed by atoms with E-state index in [1.54, 1.807) is 24.2 Å². The van der Waals surface area contributed by atoms with E-state index in [9.17, 15) is 4.79 Å². The number of piperidine rings is 1. The minimum atomic E-state index is -0.0837. The molecule has 3 aromatic rings. The number of carbonyl (C=O) groups excluding carboxylic acids is 1. The Bertz CT molecular complexity index is 1030. The van der Waals surface area contributed by atoms with Crippen LogP contribution in [0.2, 0.25) is 0 Å². The van der Waals surface area contributed by atoms with E-state index in [1.165, 1.54) is 0 Å².